The Morgan fingerprint density at radius 2 is 1.78 bits per heavy atom. The molecule has 1 rings (SSSR count). The molecule has 0 aliphatic rings. The summed E-state index contributed by atoms with van der Waals surface area (Å²) in [5, 5.41) is 0.705. The van der Waals surface area contributed by atoms with Crippen LogP contribution in [0.2, 0.25) is 0 Å². The molecule has 0 saturated heterocycles. The fourth-order valence-electron chi connectivity index (χ4n) is 0.541. The molecule has 0 fully saturated rings. The summed E-state index contributed by atoms with van der Waals surface area (Å²) in [6.45, 7) is 0. The average molecular weight is 144 g/mol. The molecular weight excluding hydrogens is 138 g/mol. The monoisotopic (exact) mass is 144 g/mol. The van der Waals surface area contributed by atoms with Crippen LogP contribution in [-0.4, -0.2) is 0 Å². The van der Waals surface area contributed by atoms with Gasteiger partial charge >= 0.3 is 0 Å². The van der Waals surface area contributed by atoms with Gasteiger partial charge in [0.2, 0.25) is 0 Å². The van der Waals surface area contributed by atoms with Crippen LogP contribution in [-0.2, 0) is 4.57 Å². The van der Waals surface area contributed by atoms with Crippen LogP contribution in [0.4, 0.5) is 4.39 Å². The lowest BCUT2D eigenvalue weighted by molar-refractivity contribution is 0.603. The molecule has 3 heteroatoms. The van der Waals surface area contributed by atoms with Crippen molar-refractivity contribution in [1.82, 2.24) is 0 Å². The Kier molecular flexibility index (Phi) is 2.01. The topological polar surface area (TPSA) is 17.1 Å². The molecular formula is C6H6FOP. The Labute approximate surface area is 53.7 Å². The molecule has 0 amide bonds. The van der Waals surface area contributed by atoms with E-state index in [1.807, 2.05) is 0 Å². The van der Waals surface area contributed by atoms with Gasteiger partial charge in [-0.05, 0) is 24.3 Å². The van der Waals surface area contributed by atoms with Gasteiger partial charge in [0.05, 0.1) is 8.46 Å². The van der Waals surface area contributed by atoms with Crippen LogP contribution in [0.3, 0.4) is 0 Å². The van der Waals surface area contributed by atoms with Crippen LogP contribution in [0.15, 0.2) is 24.3 Å². The maximum atomic E-state index is 12.1. The lowest BCUT2D eigenvalue weighted by Crippen LogP contribution is -1.88. The predicted molar refractivity (Wildman–Crippen MR) is 36.4 cm³/mol. The van der Waals surface area contributed by atoms with E-state index >= 15 is 0 Å². The zero-order valence-corrected chi connectivity index (χ0v) is 5.83. The highest BCUT2D eigenvalue weighted by Crippen LogP contribution is 1.97. The van der Waals surface area contributed by atoms with E-state index in [4.69, 9.17) is 0 Å². The molecule has 0 spiro atoms. The van der Waals surface area contributed by atoms with E-state index in [9.17, 15) is 8.96 Å². The second kappa shape index (κ2) is 2.79. The Balaban J connectivity index is 3.01. The molecule has 9 heavy (non-hydrogen) atoms. The van der Waals surface area contributed by atoms with E-state index in [1.54, 1.807) is 0 Å². The van der Waals surface area contributed by atoms with E-state index in [-0.39, 0.29) is 5.82 Å². The van der Waals surface area contributed by atoms with E-state index in [1.165, 1.54) is 24.3 Å². The first-order chi connectivity index (χ1) is 4.33. The van der Waals surface area contributed by atoms with E-state index in [0.717, 1.165) is 0 Å². The summed E-state index contributed by atoms with van der Waals surface area (Å²) < 4.78 is 22.3. The normalized spacial score (nSPS) is 10.8. The van der Waals surface area contributed by atoms with Crippen molar-refractivity contribution in [3.63, 3.8) is 0 Å². The molecule has 0 heterocycles. The third-order valence-electron chi connectivity index (χ3n) is 1.01. The summed E-state index contributed by atoms with van der Waals surface area (Å²) in [5.41, 5.74) is 0. The van der Waals surface area contributed by atoms with Gasteiger partial charge < -0.3 is 4.57 Å². The number of rotatable bonds is 1. The van der Waals surface area contributed by atoms with E-state index < -0.39 is 8.46 Å². The molecule has 0 aliphatic carbocycles. The number of hydrogen-bond acceptors (Lipinski definition) is 1. The Morgan fingerprint density at radius 1 is 1.22 bits per heavy atom. The van der Waals surface area contributed by atoms with Crippen LogP contribution >= 0.6 is 8.46 Å². The van der Waals surface area contributed by atoms with Gasteiger partial charge in [-0.25, -0.2) is 4.39 Å². The van der Waals surface area contributed by atoms with Crippen molar-refractivity contribution in [2.24, 2.45) is 0 Å². The molecule has 48 valence electrons. The molecule has 0 aromatic heterocycles. The first-order valence-electron chi connectivity index (χ1n) is 2.53. The second-order valence-electron chi connectivity index (χ2n) is 1.67. The molecule has 0 saturated carbocycles. The predicted octanol–water partition coefficient (Wildman–Crippen LogP) is 1.21. The number of hydrogen-bond donors (Lipinski definition) is 0. The molecule has 0 bridgehead atoms. The molecule has 1 unspecified atom stereocenters. The largest absolute Gasteiger partial charge is 0.325 e. The highest BCUT2D eigenvalue weighted by atomic mass is 31.1. The van der Waals surface area contributed by atoms with Crippen molar-refractivity contribution in [2.45, 2.75) is 0 Å². The van der Waals surface area contributed by atoms with Crippen molar-refractivity contribution in [3.8, 4) is 0 Å². The molecule has 0 radical (unpaired) electrons. The summed E-state index contributed by atoms with van der Waals surface area (Å²) >= 11 is 0. The Bertz CT molecular complexity index is 207. The lowest BCUT2D eigenvalue weighted by Gasteiger charge is -1.86. The van der Waals surface area contributed by atoms with Gasteiger partial charge in [0.15, 0.2) is 0 Å². The average Bonchev–Trinajstić information content (AvgIpc) is 1.90. The van der Waals surface area contributed by atoms with Gasteiger partial charge in [0.1, 0.15) is 5.82 Å². The number of benzene rings is 1. The van der Waals surface area contributed by atoms with Crippen LogP contribution in [0.5, 0.6) is 0 Å². The van der Waals surface area contributed by atoms with Gasteiger partial charge in [0.25, 0.3) is 0 Å². The van der Waals surface area contributed by atoms with Gasteiger partial charge in [-0.15, -0.1) is 0 Å². The van der Waals surface area contributed by atoms with Crippen LogP contribution < -0.4 is 5.30 Å². The highest BCUT2D eigenvalue weighted by molar-refractivity contribution is 7.34. The standard InChI is InChI=1S/C6H6FOP/c7-5-1-3-6(9-8)4-2-5/h1-4H,9H2. The second-order valence-corrected chi connectivity index (χ2v) is 2.57. The third kappa shape index (κ3) is 1.65. The smallest absolute Gasteiger partial charge is 0.123 e. The minimum atomic E-state index is -0.916. The van der Waals surface area contributed by atoms with Crippen LogP contribution in [0.1, 0.15) is 0 Å². The minimum Gasteiger partial charge on any atom is -0.325 e. The van der Waals surface area contributed by atoms with Crippen molar-refractivity contribution in [2.75, 3.05) is 0 Å². The highest BCUT2D eigenvalue weighted by Gasteiger charge is 1.87. The number of halogens is 1. The lowest BCUT2D eigenvalue weighted by atomic mass is 10.4. The summed E-state index contributed by atoms with van der Waals surface area (Å²) in [7, 11) is -0.916. The summed E-state index contributed by atoms with van der Waals surface area (Å²) in [6.07, 6.45) is 0. The van der Waals surface area contributed by atoms with Crippen LogP contribution in [0, 0.1) is 5.82 Å². The maximum absolute atomic E-state index is 12.1. The molecule has 1 aromatic carbocycles. The van der Waals surface area contributed by atoms with Crippen LogP contribution in [0.25, 0.3) is 0 Å². The minimum absolute atomic E-state index is 0.286. The first kappa shape index (κ1) is 6.50. The van der Waals surface area contributed by atoms with Crippen molar-refractivity contribution >= 4 is 13.8 Å². The molecule has 1 nitrogen and oxygen atoms in total. The quantitative estimate of drug-likeness (QED) is 0.541. The maximum Gasteiger partial charge on any atom is 0.123 e. The zero-order chi connectivity index (χ0) is 6.69. The summed E-state index contributed by atoms with van der Waals surface area (Å²) in [6, 6.07) is 5.66. The van der Waals surface area contributed by atoms with E-state index in [0.29, 0.717) is 5.30 Å². The Morgan fingerprint density at radius 3 is 2.22 bits per heavy atom. The van der Waals surface area contributed by atoms with Crippen molar-refractivity contribution < 1.29 is 8.96 Å². The summed E-state index contributed by atoms with van der Waals surface area (Å²) in [5.74, 6) is -0.286. The SMILES string of the molecule is O=[PH2]c1ccc(F)cc1. The third-order valence-corrected chi connectivity index (χ3v) is 1.66. The van der Waals surface area contributed by atoms with Gasteiger partial charge in [0, 0.05) is 5.30 Å². The first-order valence-corrected chi connectivity index (χ1v) is 3.58. The molecule has 0 N–H and O–H groups in total. The molecule has 1 atom stereocenters. The van der Waals surface area contributed by atoms with Gasteiger partial charge in [-0.1, -0.05) is 0 Å². The molecule has 1 aromatic rings. The van der Waals surface area contributed by atoms with E-state index in [2.05, 4.69) is 0 Å². The summed E-state index contributed by atoms with van der Waals surface area (Å²) in [4.78, 5) is 0. The fraction of sp³-hybridized carbons (Fsp3) is 0. The molecule has 0 aliphatic heterocycles. The van der Waals surface area contributed by atoms with Crippen molar-refractivity contribution in [3.05, 3.63) is 30.1 Å². The van der Waals surface area contributed by atoms with Crippen molar-refractivity contribution in [1.29, 1.82) is 0 Å². The Hall–Kier alpha value is -0.620. The zero-order valence-electron chi connectivity index (χ0n) is 4.67. The van der Waals surface area contributed by atoms with Gasteiger partial charge in [-0.2, -0.15) is 0 Å². The van der Waals surface area contributed by atoms with Gasteiger partial charge in [-0.3, -0.25) is 0 Å². The fourth-order valence-corrected chi connectivity index (χ4v) is 0.891.